The van der Waals surface area contributed by atoms with Crippen molar-refractivity contribution in [2.24, 2.45) is 0 Å². The zero-order chi connectivity index (χ0) is 18.9. The van der Waals surface area contributed by atoms with Crippen LogP contribution in [0.1, 0.15) is 27.2 Å². The Labute approximate surface area is 155 Å². The molecule has 8 heteroatoms. The minimum atomic E-state index is -1.79. The van der Waals surface area contributed by atoms with E-state index in [-0.39, 0.29) is 17.2 Å². The number of cyclic esters (lactones) is 1. The molecule has 0 saturated carbocycles. The molecular formula is C18H28N2O5Si. The number of fused-ring (bicyclic) bond motifs is 1. The third kappa shape index (κ3) is 3.96. The number of rotatable bonds is 5. The molecule has 26 heavy (non-hydrogen) atoms. The maximum absolute atomic E-state index is 12.2. The number of hydrogen-bond acceptors (Lipinski definition) is 6. The Morgan fingerprint density at radius 1 is 1.27 bits per heavy atom. The largest absolute Gasteiger partial charge is 0.486 e. The second-order valence-corrected chi connectivity index (χ2v) is 13.0. The summed E-state index contributed by atoms with van der Waals surface area (Å²) in [5.41, 5.74) is 0. The van der Waals surface area contributed by atoms with Crippen molar-refractivity contribution < 1.29 is 23.4 Å². The Morgan fingerprint density at radius 3 is 2.65 bits per heavy atom. The summed E-state index contributed by atoms with van der Waals surface area (Å²) in [4.78, 5) is 18.1. The maximum atomic E-state index is 12.2. The average molecular weight is 381 g/mol. The molecule has 2 aliphatic heterocycles. The Kier molecular flexibility index (Phi) is 5.16. The minimum Gasteiger partial charge on any atom is -0.486 e. The summed E-state index contributed by atoms with van der Waals surface area (Å²) in [5.74, 6) is 1.73. The Morgan fingerprint density at radius 2 is 1.96 bits per heavy atom. The summed E-state index contributed by atoms with van der Waals surface area (Å²) in [6.07, 6.45) is 1.69. The number of nitrogens with zero attached hydrogens (tertiary/aromatic N) is 2. The number of amides is 1. The first-order valence-electron chi connectivity index (χ1n) is 9.05. The van der Waals surface area contributed by atoms with E-state index in [9.17, 15) is 4.79 Å². The second-order valence-electron chi connectivity index (χ2n) is 8.20. The molecule has 1 amide bonds. The van der Waals surface area contributed by atoms with Crippen LogP contribution in [-0.2, 0) is 9.16 Å². The van der Waals surface area contributed by atoms with Crippen molar-refractivity contribution in [2.75, 3.05) is 31.3 Å². The first kappa shape index (κ1) is 19.0. The summed E-state index contributed by atoms with van der Waals surface area (Å²) in [7, 11) is -1.79. The highest BCUT2D eigenvalue weighted by Crippen LogP contribution is 2.37. The number of hydrogen-bond donors (Lipinski definition) is 0. The molecule has 0 bridgehead atoms. The summed E-state index contributed by atoms with van der Waals surface area (Å²) in [6, 6.07) is 1.73. The molecule has 0 N–H and O–H groups in total. The van der Waals surface area contributed by atoms with E-state index < -0.39 is 8.32 Å². The number of anilines is 1. The van der Waals surface area contributed by atoms with Crippen molar-refractivity contribution in [2.45, 2.75) is 51.4 Å². The molecule has 3 heterocycles. The van der Waals surface area contributed by atoms with Crippen molar-refractivity contribution in [3.8, 4) is 11.5 Å². The molecule has 0 aliphatic carbocycles. The molecule has 1 atom stereocenters. The molecule has 1 unspecified atom stereocenters. The van der Waals surface area contributed by atoms with Gasteiger partial charge < -0.3 is 18.6 Å². The smallest absolute Gasteiger partial charge is 0.415 e. The van der Waals surface area contributed by atoms with E-state index in [1.165, 1.54) is 4.90 Å². The van der Waals surface area contributed by atoms with E-state index in [0.29, 0.717) is 50.1 Å². The molecule has 1 saturated heterocycles. The lowest BCUT2D eigenvalue weighted by Crippen LogP contribution is -2.41. The zero-order valence-electron chi connectivity index (χ0n) is 16.2. The highest BCUT2D eigenvalue weighted by molar-refractivity contribution is 6.74. The van der Waals surface area contributed by atoms with Crippen molar-refractivity contribution >= 4 is 20.2 Å². The average Bonchev–Trinajstić information content (AvgIpc) is 2.94. The monoisotopic (exact) mass is 380 g/mol. The van der Waals surface area contributed by atoms with Crippen LogP contribution in [0.2, 0.25) is 18.1 Å². The molecular weight excluding hydrogens is 352 g/mol. The number of carbonyl (C=O) groups excluding carboxylic acids is 1. The molecule has 1 fully saturated rings. The van der Waals surface area contributed by atoms with Gasteiger partial charge in [0.05, 0.1) is 12.7 Å². The van der Waals surface area contributed by atoms with Crippen LogP contribution in [0.15, 0.2) is 12.3 Å². The Balaban J connectivity index is 1.57. The van der Waals surface area contributed by atoms with Gasteiger partial charge in [-0.2, -0.15) is 0 Å². The van der Waals surface area contributed by atoms with Gasteiger partial charge in [0, 0.05) is 19.1 Å². The molecule has 0 spiro atoms. The van der Waals surface area contributed by atoms with Crippen molar-refractivity contribution in [1.82, 2.24) is 4.98 Å². The standard InChI is InChI=1S/C18H28N2O5Si/c1-18(2,3)26(4,5)24-7-6-13-12-20(17(21)25-13)16-10-14-15(11-19-16)23-9-8-22-14/h10-11,13H,6-9,12H2,1-5H3. The van der Waals surface area contributed by atoms with Gasteiger partial charge in [-0.25, -0.2) is 9.78 Å². The fourth-order valence-electron chi connectivity index (χ4n) is 2.61. The number of aromatic nitrogens is 1. The SMILES string of the molecule is CC(C)(C)[Si](C)(C)OCCC1CN(c2cc3c(cn2)OCCO3)C(=O)O1. The fourth-order valence-corrected chi connectivity index (χ4v) is 3.67. The van der Waals surface area contributed by atoms with E-state index in [1.54, 1.807) is 12.3 Å². The topological polar surface area (TPSA) is 70.1 Å². The third-order valence-electron chi connectivity index (χ3n) is 5.28. The lowest BCUT2D eigenvalue weighted by molar-refractivity contribution is 0.123. The van der Waals surface area contributed by atoms with Gasteiger partial charge in [0.1, 0.15) is 25.1 Å². The lowest BCUT2D eigenvalue weighted by atomic mass is 10.2. The predicted molar refractivity (Wildman–Crippen MR) is 101 cm³/mol. The first-order valence-corrected chi connectivity index (χ1v) is 12.0. The van der Waals surface area contributed by atoms with Crippen LogP contribution in [0.5, 0.6) is 11.5 Å². The lowest BCUT2D eigenvalue weighted by Gasteiger charge is -2.36. The number of pyridine rings is 1. The van der Waals surface area contributed by atoms with Gasteiger partial charge in [-0.05, 0) is 18.1 Å². The van der Waals surface area contributed by atoms with E-state index >= 15 is 0 Å². The quantitative estimate of drug-likeness (QED) is 0.727. The minimum absolute atomic E-state index is 0.167. The normalized spacial score (nSPS) is 20.3. The van der Waals surface area contributed by atoms with Gasteiger partial charge in [0.15, 0.2) is 19.8 Å². The highest BCUT2D eigenvalue weighted by atomic mass is 28.4. The van der Waals surface area contributed by atoms with E-state index in [4.69, 9.17) is 18.6 Å². The third-order valence-corrected chi connectivity index (χ3v) is 9.81. The number of ether oxygens (including phenoxy) is 3. The van der Waals surface area contributed by atoms with Gasteiger partial charge in [-0.3, -0.25) is 4.90 Å². The van der Waals surface area contributed by atoms with Crippen LogP contribution in [0.4, 0.5) is 10.6 Å². The Hall–Kier alpha value is -1.80. The second kappa shape index (κ2) is 7.07. The Bertz CT molecular complexity index is 674. The van der Waals surface area contributed by atoms with E-state index in [2.05, 4.69) is 38.8 Å². The van der Waals surface area contributed by atoms with E-state index in [1.807, 2.05) is 0 Å². The van der Waals surface area contributed by atoms with Crippen molar-refractivity contribution in [3.05, 3.63) is 12.3 Å². The number of carbonyl (C=O) groups is 1. The van der Waals surface area contributed by atoms with Gasteiger partial charge in [0.25, 0.3) is 0 Å². The molecule has 7 nitrogen and oxygen atoms in total. The van der Waals surface area contributed by atoms with Crippen LogP contribution in [-0.4, -0.2) is 51.9 Å². The van der Waals surface area contributed by atoms with Crippen LogP contribution in [0.3, 0.4) is 0 Å². The van der Waals surface area contributed by atoms with Crippen molar-refractivity contribution in [1.29, 1.82) is 0 Å². The first-order chi connectivity index (χ1) is 12.2. The zero-order valence-corrected chi connectivity index (χ0v) is 17.2. The van der Waals surface area contributed by atoms with Crippen LogP contribution >= 0.6 is 0 Å². The van der Waals surface area contributed by atoms with Crippen molar-refractivity contribution in [3.63, 3.8) is 0 Å². The van der Waals surface area contributed by atoms with E-state index in [0.717, 1.165) is 0 Å². The molecule has 1 aromatic heterocycles. The molecule has 0 radical (unpaired) electrons. The predicted octanol–water partition coefficient (Wildman–Crippen LogP) is 3.59. The summed E-state index contributed by atoms with van der Waals surface area (Å²) in [5, 5.41) is 0.167. The van der Waals surface area contributed by atoms with Crippen LogP contribution in [0.25, 0.3) is 0 Å². The molecule has 3 rings (SSSR count). The summed E-state index contributed by atoms with van der Waals surface area (Å²) in [6.45, 7) is 13.1. The molecule has 0 aromatic carbocycles. The highest BCUT2D eigenvalue weighted by Gasteiger charge is 2.38. The summed E-state index contributed by atoms with van der Waals surface area (Å²) >= 11 is 0. The molecule has 2 aliphatic rings. The van der Waals surface area contributed by atoms with Crippen LogP contribution < -0.4 is 14.4 Å². The van der Waals surface area contributed by atoms with Gasteiger partial charge >= 0.3 is 6.09 Å². The van der Waals surface area contributed by atoms with Crippen LogP contribution in [0, 0.1) is 0 Å². The van der Waals surface area contributed by atoms with Gasteiger partial charge in [0.2, 0.25) is 0 Å². The molecule has 1 aromatic rings. The summed E-state index contributed by atoms with van der Waals surface area (Å²) < 4.78 is 22.7. The van der Waals surface area contributed by atoms with Gasteiger partial charge in [-0.1, -0.05) is 20.8 Å². The fraction of sp³-hybridized carbons (Fsp3) is 0.667. The maximum Gasteiger partial charge on any atom is 0.415 e. The molecule has 144 valence electrons. The van der Waals surface area contributed by atoms with Gasteiger partial charge in [-0.15, -0.1) is 0 Å².